The Morgan fingerprint density at radius 3 is 1.00 bits per heavy atom. The Morgan fingerprint density at radius 1 is 0.474 bits per heavy atom. The summed E-state index contributed by atoms with van der Waals surface area (Å²) in [6.07, 6.45) is 8.15. The third kappa shape index (κ3) is 2.26. The van der Waals surface area contributed by atoms with Crippen molar-refractivity contribution in [1.29, 1.82) is 0 Å². The Kier molecular flexibility index (Phi) is 2.88. The maximum absolute atomic E-state index is 4.03. The Bertz CT molecular complexity index is 537. The topological polar surface area (TPSA) is 119 Å². The lowest BCUT2D eigenvalue weighted by atomic mass is 10.6. The predicted molar refractivity (Wildman–Crippen MR) is 61.3 cm³/mol. The van der Waals surface area contributed by atoms with E-state index in [1.54, 1.807) is 0 Å². The van der Waals surface area contributed by atoms with Crippen LogP contribution in [-0.4, -0.2) is 44.9 Å². The van der Waals surface area contributed by atoms with Crippen LogP contribution in [0.3, 0.4) is 0 Å². The van der Waals surface area contributed by atoms with Crippen molar-refractivity contribution in [1.82, 2.24) is 44.9 Å². The fourth-order valence-electron chi connectivity index (χ4n) is 1.31. The van der Waals surface area contributed by atoms with Crippen molar-refractivity contribution in [2.24, 2.45) is 0 Å². The van der Waals surface area contributed by atoms with Crippen molar-refractivity contribution in [2.45, 2.75) is 0 Å². The lowest BCUT2D eigenvalue weighted by molar-refractivity contribution is 0.903. The number of anilines is 3. The number of nitrogens with zero attached hydrogens (tertiary/aromatic N) is 10. The van der Waals surface area contributed by atoms with Gasteiger partial charge in [0, 0.05) is 0 Å². The van der Waals surface area contributed by atoms with Crippen LogP contribution in [0.1, 0.15) is 0 Å². The molecule has 3 rings (SSSR count). The summed E-state index contributed by atoms with van der Waals surface area (Å²) < 4.78 is 0. The molecule has 3 aromatic heterocycles. The van der Waals surface area contributed by atoms with Gasteiger partial charge in [0.25, 0.3) is 0 Å². The molecule has 0 unspecified atom stereocenters. The monoisotopic (exact) mass is 254 g/mol. The minimum absolute atomic E-state index is 0.299. The zero-order valence-corrected chi connectivity index (χ0v) is 9.44. The summed E-state index contributed by atoms with van der Waals surface area (Å²) in [6, 6.07) is 0. The zero-order chi connectivity index (χ0) is 12.9. The van der Waals surface area contributed by atoms with Crippen LogP contribution >= 0.6 is 0 Å². The average Bonchev–Trinajstić information content (AvgIpc) is 2.51. The number of rotatable bonds is 3. The predicted octanol–water partition coefficient (Wildman–Crippen LogP) is -0.289. The summed E-state index contributed by atoms with van der Waals surface area (Å²) in [4.78, 5) is 37.0. The Labute approximate surface area is 106 Å². The van der Waals surface area contributed by atoms with Gasteiger partial charge in [0.05, 0.1) is 0 Å². The molecule has 10 heteroatoms. The minimum atomic E-state index is 0.299. The molecule has 0 spiro atoms. The molecule has 0 aliphatic heterocycles. The van der Waals surface area contributed by atoms with E-state index in [4.69, 9.17) is 0 Å². The third-order valence-corrected chi connectivity index (χ3v) is 2.04. The van der Waals surface area contributed by atoms with Gasteiger partial charge in [0.1, 0.15) is 38.0 Å². The van der Waals surface area contributed by atoms with Gasteiger partial charge in [-0.1, -0.05) is 0 Å². The van der Waals surface area contributed by atoms with Crippen molar-refractivity contribution >= 4 is 17.8 Å². The molecule has 0 atom stereocenters. The molecule has 10 nitrogen and oxygen atoms in total. The summed E-state index contributed by atoms with van der Waals surface area (Å²) in [6.45, 7) is 0. The molecule has 0 amide bonds. The summed E-state index contributed by atoms with van der Waals surface area (Å²) in [5.41, 5.74) is 0. The van der Waals surface area contributed by atoms with E-state index in [2.05, 4.69) is 44.9 Å². The molecule has 0 N–H and O–H groups in total. The van der Waals surface area contributed by atoms with Crippen LogP contribution in [-0.2, 0) is 0 Å². The highest BCUT2D eigenvalue weighted by Crippen LogP contribution is 2.23. The third-order valence-electron chi connectivity index (χ3n) is 2.04. The summed E-state index contributed by atoms with van der Waals surface area (Å²) in [7, 11) is 0. The highest BCUT2D eigenvalue weighted by molar-refractivity contribution is 5.60. The number of aromatic nitrogens is 9. The van der Waals surface area contributed by atoms with E-state index < -0.39 is 0 Å². The van der Waals surface area contributed by atoms with Gasteiger partial charge in [-0.25, -0.2) is 49.8 Å². The van der Waals surface area contributed by atoms with E-state index in [9.17, 15) is 0 Å². The number of hydrogen-bond donors (Lipinski definition) is 0. The second kappa shape index (κ2) is 5.00. The summed E-state index contributed by atoms with van der Waals surface area (Å²) in [5.74, 6) is 0.896. The van der Waals surface area contributed by atoms with Crippen LogP contribution in [0, 0.1) is 0 Å². The lowest BCUT2D eigenvalue weighted by Gasteiger charge is -2.16. The first-order valence-electron chi connectivity index (χ1n) is 5.11. The molecule has 3 heterocycles. The molecule has 0 aliphatic rings. The first-order valence-corrected chi connectivity index (χ1v) is 5.11. The molecule has 0 radical (unpaired) electrons. The van der Waals surface area contributed by atoms with Gasteiger partial charge >= 0.3 is 0 Å². The summed E-state index contributed by atoms with van der Waals surface area (Å²) >= 11 is 0. The fourth-order valence-corrected chi connectivity index (χ4v) is 1.31. The molecular formula is C9H6N10. The molecule has 92 valence electrons. The lowest BCUT2D eigenvalue weighted by Crippen LogP contribution is -2.18. The molecule has 0 aromatic carbocycles. The van der Waals surface area contributed by atoms with Crippen molar-refractivity contribution in [3.05, 3.63) is 38.0 Å². The smallest absolute Gasteiger partial charge is 0.225 e. The zero-order valence-electron chi connectivity index (χ0n) is 9.44. The van der Waals surface area contributed by atoms with Gasteiger partial charge in [-0.15, -0.1) is 0 Å². The SMILES string of the molecule is c1ncnc(N(c2ncncn2)c2ncncn2)n1. The minimum Gasteiger partial charge on any atom is -0.225 e. The Hall–Kier alpha value is -3.17. The molecule has 3 aromatic rings. The summed E-state index contributed by atoms with van der Waals surface area (Å²) in [5, 5.41) is 0. The van der Waals surface area contributed by atoms with Gasteiger partial charge in [-0.05, 0) is 0 Å². The van der Waals surface area contributed by atoms with E-state index in [-0.39, 0.29) is 0 Å². The second-order valence-electron chi connectivity index (χ2n) is 3.15. The molecule has 0 aliphatic carbocycles. The first kappa shape index (κ1) is 11.0. The highest BCUT2D eigenvalue weighted by Gasteiger charge is 2.19. The van der Waals surface area contributed by atoms with Gasteiger partial charge in [0.2, 0.25) is 17.8 Å². The van der Waals surface area contributed by atoms with Crippen molar-refractivity contribution in [2.75, 3.05) is 4.90 Å². The number of hydrogen-bond acceptors (Lipinski definition) is 10. The molecule has 0 saturated carbocycles. The van der Waals surface area contributed by atoms with E-state index in [0.717, 1.165) is 0 Å². The Balaban J connectivity index is 2.12. The van der Waals surface area contributed by atoms with Gasteiger partial charge in [-0.2, -0.15) is 0 Å². The largest absolute Gasteiger partial charge is 0.242 e. The molecule has 0 bridgehead atoms. The van der Waals surface area contributed by atoms with Crippen LogP contribution in [0.4, 0.5) is 17.8 Å². The van der Waals surface area contributed by atoms with Crippen molar-refractivity contribution in [3.63, 3.8) is 0 Å². The molecule has 0 fully saturated rings. The first-order chi connectivity index (χ1) is 9.45. The second-order valence-corrected chi connectivity index (χ2v) is 3.15. The van der Waals surface area contributed by atoms with Crippen molar-refractivity contribution in [3.8, 4) is 0 Å². The van der Waals surface area contributed by atoms with E-state index in [1.165, 1.54) is 42.9 Å². The fraction of sp³-hybridized carbons (Fsp3) is 0. The molecule has 19 heavy (non-hydrogen) atoms. The van der Waals surface area contributed by atoms with Crippen LogP contribution in [0.5, 0.6) is 0 Å². The van der Waals surface area contributed by atoms with E-state index in [1.807, 2.05) is 0 Å². The van der Waals surface area contributed by atoms with Gasteiger partial charge in [-0.3, -0.25) is 0 Å². The standard InChI is InChI=1S/C9H6N10/c1-10-2-14-7(13-1)19(8-15-3-11-4-16-8)9-17-5-12-6-18-9/h1-6H. The van der Waals surface area contributed by atoms with Crippen molar-refractivity contribution < 1.29 is 0 Å². The maximum atomic E-state index is 4.03. The molecular weight excluding hydrogens is 248 g/mol. The Morgan fingerprint density at radius 2 is 0.737 bits per heavy atom. The molecule has 0 saturated heterocycles. The normalized spacial score (nSPS) is 10.1. The van der Waals surface area contributed by atoms with Gasteiger partial charge in [0.15, 0.2) is 0 Å². The van der Waals surface area contributed by atoms with Crippen LogP contribution in [0.15, 0.2) is 38.0 Å². The van der Waals surface area contributed by atoms with Crippen LogP contribution in [0.25, 0.3) is 0 Å². The van der Waals surface area contributed by atoms with E-state index >= 15 is 0 Å². The highest BCUT2D eigenvalue weighted by atomic mass is 15.4. The van der Waals surface area contributed by atoms with E-state index in [0.29, 0.717) is 17.8 Å². The van der Waals surface area contributed by atoms with Crippen LogP contribution < -0.4 is 4.90 Å². The van der Waals surface area contributed by atoms with Crippen LogP contribution in [0.2, 0.25) is 0 Å². The quantitative estimate of drug-likeness (QED) is 0.616. The van der Waals surface area contributed by atoms with Gasteiger partial charge < -0.3 is 0 Å². The average molecular weight is 254 g/mol. The maximum Gasteiger partial charge on any atom is 0.242 e.